The minimum Gasteiger partial charge on any atom is -0.476 e. The van der Waals surface area contributed by atoms with Gasteiger partial charge in [0.1, 0.15) is 5.69 Å². The normalized spacial score (nSPS) is 20.2. The van der Waals surface area contributed by atoms with Gasteiger partial charge < -0.3 is 10.4 Å². The second-order valence-corrected chi connectivity index (χ2v) is 5.19. The van der Waals surface area contributed by atoms with Crippen LogP contribution in [0.2, 0.25) is 0 Å². The largest absolute Gasteiger partial charge is 0.476 e. The molecule has 2 rings (SSSR count). The zero-order valence-electron chi connectivity index (χ0n) is 10.3. The Morgan fingerprint density at radius 3 is 2.39 bits per heavy atom. The van der Waals surface area contributed by atoms with Crippen LogP contribution in [0, 0.1) is 11.3 Å². The molecule has 0 bridgehead atoms. The Kier molecular flexibility index (Phi) is 3.02. The van der Waals surface area contributed by atoms with Crippen LogP contribution in [-0.2, 0) is 0 Å². The van der Waals surface area contributed by atoms with Gasteiger partial charge in [-0.25, -0.2) is 14.8 Å². The van der Waals surface area contributed by atoms with Crippen LogP contribution in [0.15, 0.2) is 12.4 Å². The third-order valence-electron chi connectivity index (χ3n) is 3.33. The van der Waals surface area contributed by atoms with Gasteiger partial charge in [-0.1, -0.05) is 13.8 Å². The fourth-order valence-electron chi connectivity index (χ4n) is 1.79. The lowest BCUT2D eigenvalue weighted by Crippen LogP contribution is -2.27. The van der Waals surface area contributed by atoms with Crippen molar-refractivity contribution in [3.05, 3.63) is 23.8 Å². The Morgan fingerprint density at radius 2 is 1.94 bits per heavy atom. The Bertz CT molecular complexity index is 482. The van der Waals surface area contributed by atoms with Crippen molar-refractivity contribution >= 4 is 11.9 Å². The molecule has 1 saturated carbocycles. The van der Waals surface area contributed by atoms with E-state index in [1.807, 2.05) is 0 Å². The number of rotatable bonds is 4. The third-order valence-corrected chi connectivity index (χ3v) is 3.33. The van der Waals surface area contributed by atoms with Crippen LogP contribution < -0.4 is 5.32 Å². The van der Waals surface area contributed by atoms with Gasteiger partial charge >= 0.3 is 5.97 Å². The molecule has 0 saturated heterocycles. The molecule has 1 heterocycles. The molecular formula is C12H15N3O3. The molecule has 0 aliphatic heterocycles. The van der Waals surface area contributed by atoms with Crippen LogP contribution in [0.4, 0.5) is 0 Å². The number of carbonyl (C=O) groups is 2. The summed E-state index contributed by atoms with van der Waals surface area (Å²) in [4.78, 5) is 29.7. The number of nitrogens with one attached hydrogen (secondary N) is 1. The zero-order valence-corrected chi connectivity index (χ0v) is 10.3. The first-order valence-electron chi connectivity index (χ1n) is 5.74. The van der Waals surface area contributed by atoms with Gasteiger partial charge in [-0.15, -0.1) is 0 Å². The third kappa shape index (κ3) is 2.64. The van der Waals surface area contributed by atoms with Crippen LogP contribution >= 0.6 is 0 Å². The van der Waals surface area contributed by atoms with Crippen molar-refractivity contribution in [2.75, 3.05) is 6.54 Å². The fourth-order valence-corrected chi connectivity index (χ4v) is 1.79. The van der Waals surface area contributed by atoms with E-state index in [0.29, 0.717) is 17.9 Å². The molecule has 1 aliphatic carbocycles. The highest BCUT2D eigenvalue weighted by Crippen LogP contribution is 2.50. The topological polar surface area (TPSA) is 92.2 Å². The summed E-state index contributed by atoms with van der Waals surface area (Å²) in [5.74, 6) is -0.968. The van der Waals surface area contributed by atoms with Crippen molar-refractivity contribution in [1.29, 1.82) is 0 Å². The number of carboxylic acid groups (broad SMARTS) is 1. The Morgan fingerprint density at radius 1 is 1.39 bits per heavy atom. The molecule has 1 amide bonds. The quantitative estimate of drug-likeness (QED) is 0.828. The minimum absolute atomic E-state index is 0.137. The lowest BCUT2D eigenvalue weighted by atomic mass is 10.1. The average Bonchev–Trinajstić information content (AvgIpc) is 2.94. The van der Waals surface area contributed by atoms with E-state index in [2.05, 4.69) is 29.1 Å². The van der Waals surface area contributed by atoms with Crippen molar-refractivity contribution < 1.29 is 14.7 Å². The van der Waals surface area contributed by atoms with E-state index in [9.17, 15) is 9.59 Å². The van der Waals surface area contributed by atoms with Gasteiger partial charge in [-0.05, 0) is 17.8 Å². The average molecular weight is 249 g/mol. The van der Waals surface area contributed by atoms with Crippen LogP contribution in [0.3, 0.4) is 0 Å². The number of aromatic nitrogens is 2. The lowest BCUT2D eigenvalue weighted by molar-refractivity contribution is 0.0689. The summed E-state index contributed by atoms with van der Waals surface area (Å²) in [6.45, 7) is 4.94. The first kappa shape index (κ1) is 12.5. The van der Waals surface area contributed by atoms with Gasteiger partial charge in [0.05, 0.1) is 12.4 Å². The summed E-state index contributed by atoms with van der Waals surface area (Å²) in [5, 5.41) is 11.4. The van der Waals surface area contributed by atoms with Crippen LogP contribution in [0.5, 0.6) is 0 Å². The van der Waals surface area contributed by atoms with E-state index in [-0.39, 0.29) is 17.3 Å². The van der Waals surface area contributed by atoms with Gasteiger partial charge in [0.25, 0.3) is 5.91 Å². The number of aromatic carboxylic acids is 1. The second kappa shape index (κ2) is 4.36. The van der Waals surface area contributed by atoms with Gasteiger partial charge in [0.2, 0.25) is 0 Å². The Labute approximate surface area is 104 Å². The minimum atomic E-state index is -1.16. The molecule has 96 valence electrons. The predicted octanol–water partition coefficient (Wildman–Crippen LogP) is 0.951. The Hall–Kier alpha value is -1.98. The predicted molar refractivity (Wildman–Crippen MR) is 63.2 cm³/mol. The highest BCUT2D eigenvalue weighted by Gasteiger charge is 2.45. The molecule has 6 heteroatoms. The molecule has 0 spiro atoms. The molecule has 1 aromatic rings. The standard InChI is InChI=1S/C12H15N3O3/c1-12(2)3-7(12)4-15-10(16)8-5-14-9(6-13-8)11(17)18/h5-7H,3-4H2,1-2H3,(H,15,16)(H,17,18). The van der Waals surface area contributed by atoms with E-state index in [1.54, 1.807) is 0 Å². The number of hydrogen-bond acceptors (Lipinski definition) is 4. The molecule has 1 aliphatic rings. The van der Waals surface area contributed by atoms with Crippen molar-refractivity contribution in [3.8, 4) is 0 Å². The van der Waals surface area contributed by atoms with E-state index < -0.39 is 5.97 Å². The summed E-state index contributed by atoms with van der Waals surface area (Å²) >= 11 is 0. The van der Waals surface area contributed by atoms with E-state index >= 15 is 0 Å². The van der Waals surface area contributed by atoms with Crippen molar-refractivity contribution in [1.82, 2.24) is 15.3 Å². The van der Waals surface area contributed by atoms with Crippen LogP contribution in [0.25, 0.3) is 0 Å². The van der Waals surface area contributed by atoms with E-state index in [4.69, 9.17) is 5.11 Å². The maximum Gasteiger partial charge on any atom is 0.356 e. The van der Waals surface area contributed by atoms with Gasteiger partial charge in [-0.3, -0.25) is 4.79 Å². The molecule has 18 heavy (non-hydrogen) atoms. The summed E-state index contributed by atoms with van der Waals surface area (Å²) < 4.78 is 0. The van der Waals surface area contributed by atoms with Crippen molar-refractivity contribution in [3.63, 3.8) is 0 Å². The number of amides is 1. The van der Waals surface area contributed by atoms with E-state index in [0.717, 1.165) is 12.6 Å². The zero-order chi connectivity index (χ0) is 13.3. The van der Waals surface area contributed by atoms with E-state index in [1.165, 1.54) is 6.20 Å². The smallest absolute Gasteiger partial charge is 0.356 e. The van der Waals surface area contributed by atoms with Crippen molar-refractivity contribution in [2.24, 2.45) is 11.3 Å². The number of hydrogen-bond donors (Lipinski definition) is 2. The Balaban J connectivity index is 1.91. The summed E-state index contributed by atoms with van der Waals surface area (Å²) in [6, 6.07) is 0. The van der Waals surface area contributed by atoms with Crippen LogP contribution in [-0.4, -0.2) is 33.5 Å². The lowest BCUT2D eigenvalue weighted by Gasteiger charge is -2.05. The SMILES string of the molecule is CC1(C)CC1CNC(=O)c1cnc(C(=O)O)cn1. The van der Waals surface area contributed by atoms with Gasteiger partial charge in [-0.2, -0.15) is 0 Å². The molecule has 1 unspecified atom stereocenters. The molecule has 0 radical (unpaired) electrons. The summed E-state index contributed by atoms with van der Waals surface area (Å²) in [6.07, 6.45) is 3.37. The monoisotopic (exact) mass is 249 g/mol. The molecule has 1 aromatic heterocycles. The van der Waals surface area contributed by atoms with Crippen LogP contribution in [0.1, 0.15) is 41.2 Å². The molecule has 2 N–H and O–H groups in total. The summed E-state index contributed by atoms with van der Waals surface area (Å²) in [5.41, 5.74) is 0.278. The van der Waals surface area contributed by atoms with Gasteiger partial charge in [0, 0.05) is 6.54 Å². The molecule has 1 fully saturated rings. The van der Waals surface area contributed by atoms with Gasteiger partial charge in [0.15, 0.2) is 5.69 Å². The maximum absolute atomic E-state index is 11.7. The maximum atomic E-state index is 11.7. The summed E-state index contributed by atoms with van der Waals surface area (Å²) in [7, 11) is 0. The fraction of sp³-hybridized carbons (Fsp3) is 0.500. The first-order valence-corrected chi connectivity index (χ1v) is 5.74. The molecular weight excluding hydrogens is 234 g/mol. The first-order chi connectivity index (χ1) is 8.40. The second-order valence-electron chi connectivity index (χ2n) is 5.19. The highest BCUT2D eigenvalue weighted by molar-refractivity contribution is 5.92. The molecule has 6 nitrogen and oxygen atoms in total. The molecule has 1 atom stereocenters. The highest BCUT2D eigenvalue weighted by atomic mass is 16.4. The number of carbonyl (C=O) groups excluding carboxylic acids is 1. The number of nitrogens with zero attached hydrogens (tertiary/aromatic N) is 2. The molecule has 0 aromatic carbocycles. The number of carboxylic acids is 1. The van der Waals surface area contributed by atoms with Crippen molar-refractivity contribution in [2.45, 2.75) is 20.3 Å².